The number of nitrogens with one attached hydrogen (secondary N) is 2. The lowest BCUT2D eigenvalue weighted by atomic mass is 10.1. The molecule has 0 saturated heterocycles. The van der Waals surface area contributed by atoms with Crippen LogP contribution in [0.15, 0.2) is 48.7 Å². The third kappa shape index (κ3) is 2.45. The maximum absolute atomic E-state index is 12.6. The summed E-state index contributed by atoms with van der Waals surface area (Å²) in [6.07, 6.45) is 1.66. The van der Waals surface area contributed by atoms with Crippen LogP contribution in [0.3, 0.4) is 0 Å². The molecule has 1 amide bonds. The Morgan fingerprint density at radius 2 is 2.00 bits per heavy atom. The predicted molar refractivity (Wildman–Crippen MR) is 93.3 cm³/mol. The van der Waals surface area contributed by atoms with Gasteiger partial charge in [-0.05, 0) is 29.3 Å². The first-order valence-corrected chi connectivity index (χ1v) is 8.27. The summed E-state index contributed by atoms with van der Waals surface area (Å²) in [5, 5.41) is 9.78. The Labute approximate surface area is 148 Å². The standard InChI is InChI=1S/C19H15N3O4/c23-19(17-8-12-3-1-2-4-14(12)26-17)21-18-13(9-20-22-18)11-5-6-15-16(7-11)25-10-24-15/h1-7,9,17H,8,10H2,(H2,20,21,22,23). The van der Waals surface area contributed by atoms with Crippen LogP contribution in [0.5, 0.6) is 17.2 Å². The van der Waals surface area contributed by atoms with Crippen LogP contribution in [0.2, 0.25) is 0 Å². The van der Waals surface area contributed by atoms with Gasteiger partial charge >= 0.3 is 0 Å². The molecule has 1 aromatic heterocycles. The minimum Gasteiger partial charge on any atom is -0.480 e. The van der Waals surface area contributed by atoms with Crippen molar-refractivity contribution >= 4 is 11.7 Å². The largest absolute Gasteiger partial charge is 0.480 e. The average molecular weight is 349 g/mol. The lowest BCUT2D eigenvalue weighted by molar-refractivity contribution is -0.122. The van der Waals surface area contributed by atoms with Crippen molar-refractivity contribution in [3.05, 3.63) is 54.2 Å². The van der Waals surface area contributed by atoms with Gasteiger partial charge in [0.15, 0.2) is 17.6 Å². The number of rotatable bonds is 3. The first-order valence-electron chi connectivity index (χ1n) is 8.27. The molecule has 130 valence electrons. The quantitative estimate of drug-likeness (QED) is 0.759. The van der Waals surface area contributed by atoms with Gasteiger partial charge in [-0.1, -0.05) is 24.3 Å². The average Bonchev–Trinajstić information content (AvgIpc) is 3.39. The van der Waals surface area contributed by atoms with E-state index in [1.807, 2.05) is 42.5 Å². The first-order chi connectivity index (χ1) is 12.8. The van der Waals surface area contributed by atoms with E-state index in [2.05, 4.69) is 15.5 Å². The van der Waals surface area contributed by atoms with Crippen molar-refractivity contribution in [3.63, 3.8) is 0 Å². The number of ether oxygens (including phenoxy) is 3. The van der Waals surface area contributed by atoms with Gasteiger partial charge in [-0.15, -0.1) is 0 Å². The van der Waals surface area contributed by atoms with E-state index in [4.69, 9.17) is 14.2 Å². The molecule has 1 atom stereocenters. The van der Waals surface area contributed by atoms with Crippen LogP contribution in [0.1, 0.15) is 5.56 Å². The molecular weight excluding hydrogens is 334 g/mol. The minimum atomic E-state index is -0.555. The van der Waals surface area contributed by atoms with E-state index in [0.717, 1.165) is 22.4 Å². The van der Waals surface area contributed by atoms with Gasteiger partial charge < -0.3 is 19.5 Å². The number of para-hydroxylation sites is 1. The molecule has 1 unspecified atom stereocenters. The Morgan fingerprint density at radius 3 is 2.92 bits per heavy atom. The molecule has 0 saturated carbocycles. The molecule has 0 radical (unpaired) electrons. The highest BCUT2D eigenvalue weighted by Crippen LogP contribution is 2.37. The van der Waals surface area contributed by atoms with E-state index in [1.165, 1.54) is 0 Å². The van der Waals surface area contributed by atoms with Gasteiger partial charge in [0.2, 0.25) is 6.79 Å². The summed E-state index contributed by atoms with van der Waals surface area (Å²) in [4.78, 5) is 12.6. The molecule has 0 fully saturated rings. The Morgan fingerprint density at radius 1 is 1.12 bits per heavy atom. The molecule has 3 aromatic rings. The molecule has 2 N–H and O–H groups in total. The van der Waals surface area contributed by atoms with E-state index in [-0.39, 0.29) is 12.7 Å². The van der Waals surface area contributed by atoms with Crippen LogP contribution < -0.4 is 19.5 Å². The topological polar surface area (TPSA) is 85.5 Å². The van der Waals surface area contributed by atoms with Crippen molar-refractivity contribution < 1.29 is 19.0 Å². The number of aromatic amines is 1. The lowest BCUT2D eigenvalue weighted by Gasteiger charge is -2.11. The first kappa shape index (κ1) is 14.8. The maximum Gasteiger partial charge on any atom is 0.266 e. The van der Waals surface area contributed by atoms with Crippen LogP contribution in [0.25, 0.3) is 11.1 Å². The summed E-state index contributed by atoms with van der Waals surface area (Å²) < 4.78 is 16.5. The fraction of sp³-hybridized carbons (Fsp3) is 0.158. The van der Waals surface area contributed by atoms with Crippen LogP contribution in [0.4, 0.5) is 5.82 Å². The van der Waals surface area contributed by atoms with Crippen LogP contribution in [-0.4, -0.2) is 29.0 Å². The van der Waals surface area contributed by atoms with Crippen LogP contribution in [0, 0.1) is 0 Å². The third-order valence-electron chi connectivity index (χ3n) is 4.51. The molecular formula is C19H15N3O4. The SMILES string of the molecule is O=C(Nc1[nH]ncc1-c1ccc2c(c1)OCO2)C1Cc2ccccc2O1. The Bertz CT molecular complexity index is 973. The van der Waals surface area contributed by atoms with Crippen molar-refractivity contribution in [3.8, 4) is 28.4 Å². The molecule has 0 bridgehead atoms. The summed E-state index contributed by atoms with van der Waals surface area (Å²) in [6.45, 7) is 0.216. The molecule has 0 spiro atoms. The zero-order chi connectivity index (χ0) is 17.5. The summed E-state index contributed by atoms with van der Waals surface area (Å²) in [5.74, 6) is 2.45. The fourth-order valence-corrected chi connectivity index (χ4v) is 3.20. The molecule has 5 rings (SSSR count). The van der Waals surface area contributed by atoms with Crippen LogP contribution >= 0.6 is 0 Å². The number of benzene rings is 2. The predicted octanol–water partition coefficient (Wildman–Crippen LogP) is 2.75. The zero-order valence-corrected chi connectivity index (χ0v) is 13.7. The van der Waals surface area contributed by atoms with Crippen molar-refractivity contribution in [1.29, 1.82) is 0 Å². The van der Waals surface area contributed by atoms with Gasteiger partial charge in [-0.3, -0.25) is 9.89 Å². The number of H-pyrrole nitrogens is 1. The highest BCUT2D eigenvalue weighted by molar-refractivity contribution is 5.97. The molecule has 7 nitrogen and oxygen atoms in total. The van der Waals surface area contributed by atoms with E-state index < -0.39 is 6.10 Å². The number of aromatic nitrogens is 2. The van der Waals surface area contributed by atoms with Crippen molar-refractivity contribution in [2.24, 2.45) is 0 Å². The van der Waals surface area contributed by atoms with Gasteiger partial charge in [0.25, 0.3) is 5.91 Å². The Hall–Kier alpha value is -3.48. The Balaban J connectivity index is 1.36. The summed E-state index contributed by atoms with van der Waals surface area (Å²) in [6, 6.07) is 13.3. The number of carbonyl (C=O) groups is 1. The number of fused-ring (bicyclic) bond motifs is 2. The molecule has 0 aliphatic carbocycles. The van der Waals surface area contributed by atoms with Gasteiger partial charge in [0.05, 0.1) is 6.20 Å². The molecule has 2 aromatic carbocycles. The normalized spacial score (nSPS) is 16.8. The minimum absolute atomic E-state index is 0.215. The smallest absolute Gasteiger partial charge is 0.266 e. The number of carbonyl (C=O) groups excluding carboxylic acids is 1. The van der Waals surface area contributed by atoms with Gasteiger partial charge in [-0.25, -0.2) is 0 Å². The monoisotopic (exact) mass is 349 g/mol. The van der Waals surface area contributed by atoms with Crippen molar-refractivity contribution in [2.45, 2.75) is 12.5 Å². The van der Waals surface area contributed by atoms with E-state index in [1.54, 1.807) is 6.20 Å². The fourth-order valence-electron chi connectivity index (χ4n) is 3.20. The summed E-state index contributed by atoms with van der Waals surface area (Å²) in [5.41, 5.74) is 2.68. The highest BCUT2D eigenvalue weighted by Gasteiger charge is 2.29. The second-order valence-corrected chi connectivity index (χ2v) is 6.13. The molecule has 2 aliphatic heterocycles. The van der Waals surface area contributed by atoms with Gasteiger partial charge in [-0.2, -0.15) is 5.10 Å². The molecule has 2 aliphatic rings. The molecule has 26 heavy (non-hydrogen) atoms. The number of hydrogen-bond acceptors (Lipinski definition) is 5. The van der Waals surface area contributed by atoms with E-state index in [0.29, 0.717) is 23.7 Å². The third-order valence-corrected chi connectivity index (χ3v) is 4.51. The second-order valence-electron chi connectivity index (χ2n) is 6.13. The van der Waals surface area contributed by atoms with Gasteiger partial charge in [0.1, 0.15) is 11.6 Å². The highest BCUT2D eigenvalue weighted by atomic mass is 16.7. The number of amides is 1. The summed E-state index contributed by atoms with van der Waals surface area (Å²) >= 11 is 0. The Kier molecular flexibility index (Phi) is 3.31. The number of anilines is 1. The van der Waals surface area contributed by atoms with Crippen molar-refractivity contribution in [2.75, 3.05) is 12.1 Å². The van der Waals surface area contributed by atoms with Gasteiger partial charge in [0, 0.05) is 12.0 Å². The zero-order valence-electron chi connectivity index (χ0n) is 13.7. The number of hydrogen-bond donors (Lipinski definition) is 2. The summed E-state index contributed by atoms with van der Waals surface area (Å²) in [7, 11) is 0. The lowest BCUT2D eigenvalue weighted by Crippen LogP contribution is -2.31. The van der Waals surface area contributed by atoms with E-state index in [9.17, 15) is 4.79 Å². The van der Waals surface area contributed by atoms with Crippen LogP contribution in [-0.2, 0) is 11.2 Å². The number of nitrogens with zero attached hydrogens (tertiary/aromatic N) is 1. The second kappa shape index (κ2) is 5.80. The molecule has 3 heterocycles. The van der Waals surface area contributed by atoms with E-state index >= 15 is 0 Å². The maximum atomic E-state index is 12.6. The molecule has 7 heteroatoms. The van der Waals surface area contributed by atoms with Crippen molar-refractivity contribution in [1.82, 2.24) is 10.2 Å².